The molecule has 1 aromatic rings. The highest BCUT2D eigenvalue weighted by Crippen LogP contribution is 2.28. The number of rotatable bonds is 7. The van der Waals surface area contributed by atoms with Gasteiger partial charge in [0.25, 0.3) is 0 Å². The number of nitrogens with two attached hydrogens (primary N) is 1. The largest absolute Gasteiger partial charge is 0.384 e. The molecule has 0 fully saturated rings. The molecule has 0 unspecified atom stereocenters. The molecule has 0 spiro atoms. The van der Waals surface area contributed by atoms with Gasteiger partial charge in [-0.3, -0.25) is 5.41 Å². The van der Waals surface area contributed by atoms with Gasteiger partial charge in [-0.05, 0) is 38.5 Å². The minimum absolute atomic E-state index is 0.0514. The van der Waals surface area contributed by atoms with E-state index in [1.165, 1.54) is 19.3 Å². The molecule has 0 radical (unpaired) electrons. The van der Waals surface area contributed by atoms with Gasteiger partial charge in [-0.1, -0.05) is 31.4 Å². The molecule has 3 N–H and O–H groups in total. The van der Waals surface area contributed by atoms with Gasteiger partial charge in [0.1, 0.15) is 5.84 Å². The molecular weight excluding hydrogens is 258 g/mol. The zero-order chi connectivity index (χ0) is 14.4. The molecule has 0 heterocycles. The Hall–Kier alpha value is -1.22. The van der Waals surface area contributed by atoms with E-state index in [4.69, 9.17) is 22.7 Å². The summed E-state index contributed by atoms with van der Waals surface area (Å²) in [6, 6.07) is 6.00. The van der Waals surface area contributed by atoms with Crippen LogP contribution in [0.25, 0.3) is 0 Å². The van der Waals surface area contributed by atoms with Crippen LogP contribution in [-0.2, 0) is 0 Å². The zero-order valence-corrected chi connectivity index (χ0v) is 12.8. The van der Waals surface area contributed by atoms with E-state index < -0.39 is 0 Å². The number of hydrogen-bond acceptors (Lipinski definition) is 2. The fraction of sp³-hybridized carbons (Fsp3) is 0.533. The summed E-state index contributed by atoms with van der Waals surface area (Å²) in [5.74, 6) is 0.0514. The van der Waals surface area contributed by atoms with Crippen LogP contribution in [0.2, 0.25) is 5.02 Å². The van der Waals surface area contributed by atoms with Gasteiger partial charge in [-0.25, -0.2) is 0 Å². The van der Waals surface area contributed by atoms with Crippen LogP contribution in [0.4, 0.5) is 5.69 Å². The second-order valence-corrected chi connectivity index (χ2v) is 5.48. The van der Waals surface area contributed by atoms with Gasteiger partial charge in [-0.2, -0.15) is 0 Å². The molecular formula is C15H24ClN3. The molecule has 4 heteroatoms. The predicted molar refractivity (Wildman–Crippen MR) is 84.5 cm³/mol. The molecule has 19 heavy (non-hydrogen) atoms. The smallest absolute Gasteiger partial charge is 0.122 e. The van der Waals surface area contributed by atoms with Crippen LogP contribution in [0.5, 0.6) is 0 Å². The quantitative estimate of drug-likeness (QED) is 0.450. The molecule has 0 aliphatic rings. The fourth-order valence-corrected chi connectivity index (χ4v) is 2.39. The molecule has 0 aliphatic heterocycles. The lowest BCUT2D eigenvalue weighted by Crippen LogP contribution is -2.32. The topological polar surface area (TPSA) is 53.1 Å². The van der Waals surface area contributed by atoms with Crippen molar-refractivity contribution >= 4 is 23.1 Å². The summed E-state index contributed by atoms with van der Waals surface area (Å²) < 4.78 is 0. The standard InChI is InChI=1S/C15H24ClN3/c1-4-5-6-9-19(11(2)3)14-8-7-12(15(17)18)10-13(14)16/h7-8,10-11H,4-6,9H2,1-3H3,(H3,17,18). The Morgan fingerprint density at radius 3 is 2.53 bits per heavy atom. The first-order valence-electron chi connectivity index (χ1n) is 6.88. The third-order valence-corrected chi connectivity index (χ3v) is 3.50. The zero-order valence-electron chi connectivity index (χ0n) is 12.0. The molecule has 0 bridgehead atoms. The summed E-state index contributed by atoms with van der Waals surface area (Å²) in [7, 11) is 0. The van der Waals surface area contributed by atoms with Crippen molar-refractivity contribution in [3.8, 4) is 0 Å². The van der Waals surface area contributed by atoms with Crippen molar-refractivity contribution < 1.29 is 0 Å². The lowest BCUT2D eigenvalue weighted by Gasteiger charge is -2.30. The number of halogens is 1. The van der Waals surface area contributed by atoms with E-state index in [1.807, 2.05) is 12.1 Å². The number of nitrogen functional groups attached to an aromatic ring is 1. The molecule has 106 valence electrons. The Morgan fingerprint density at radius 2 is 2.05 bits per heavy atom. The lowest BCUT2D eigenvalue weighted by atomic mass is 10.1. The monoisotopic (exact) mass is 281 g/mol. The van der Waals surface area contributed by atoms with Crippen LogP contribution in [0.3, 0.4) is 0 Å². The normalized spacial score (nSPS) is 10.8. The number of nitrogens with one attached hydrogen (secondary N) is 1. The van der Waals surface area contributed by atoms with E-state index >= 15 is 0 Å². The highest BCUT2D eigenvalue weighted by molar-refractivity contribution is 6.33. The third kappa shape index (κ3) is 4.43. The first-order chi connectivity index (χ1) is 8.97. The van der Waals surface area contributed by atoms with Crippen LogP contribution in [0.1, 0.15) is 45.6 Å². The van der Waals surface area contributed by atoms with Gasteiger partial charge in [0.2, 0.25) is 0 Å². The number of benzene rings is 1. The van der Waals surface area contributed by atoms with Crippen LogP contribution in [0, 0.1) is 5.41 Å². The van der Waals surface area contributed by atoms with E-state index in [0.717, 1.165) is 12.2 Å². The van der Waals surface area contributed by atoms with E-state index in [9.17, 15) is 0 Å². The second kappa shape index (κ2) is 7.39. The van der Waals surface area contributed by atoms with Crippen molar-refractivity contribution in [3.05, 3.63) is 28.8 Å². The molecule has 1 rings (SSSR count). The molecule has 1 aromatic carbocycles. The first kappa shape index (κ1) is 15.8. The van der Waals surface area contributed by atoms with Crippen molar-refractivity contribution in [2.75, 3.05) is 11.4 Å². The van der Waals surface area contributed by atoms with E-state index in [1.54, 1.807) is 6.07 Å². The van der Waals surface area contributed by atoms with Gasteiger partial charge >= 0.3 is 0 Å². The first-order valence-corrected chi connectivity index (χ1v) is 7.25. The number of amidine groups is 1. The van der Waals surface area contributed by atoms with Crippen LogP contribution >= 0.6 is 11.6 Å². The minimum Gasteiger partial charge on any atom is -0.384 e. The fourth-order valence-electron chi connectivity index (χ4n) is 2.10. The lowest BCUT2D eigenvalue weighted by molar-refractivity contribution is 0.626. The predicted octanol–water partition coefficient (Wildman–Crippen LogP) is 4.03. The number of anilines is 1. The van der Waals surface area contributed by atoms with E-state index in [2.05, 4.69) is 25.7 Å². The number of hydrogen-bond donors (Lipinski definition) is 2. The Labute approximate surface area is 121 Å². The summed E-state index contributed by atoms with van der Waals surface area (Å²) in [5.41, 5.74) is 7.18. The van der Waals surface area contributed by atoms with E-state index in [0.29, 0.717) is 16.6 Å². The summed E-state index contributed by atoms with van der Waals surface area (Å²) in [4.78, 5) is 2.31. The Bertz CT molecular complexity index is 429. The molecule has 0 saturated carbocycles. The van der Waals surface area contributed by atoms with Crippen LogP contribution < -0.4 is 10.6 Å². The average Bonchev–Trinajstić information content (AvgIpc) is 2.35. The minimum atomic E-state index is 0.0514. The molecule has 0 aromatic heterocycles. The van der Waals surface area contributed by atoms with Crippen molar-refractivity contribution in [1.29, 1.82) is 5.41 Å². The highest BCUT2D eigenvalue weighted by atomic mass is 35.5. The Kier molecular flexibility index (Phi) is 6.16. The van der Waals surface area contributed by atoms with Gasteiger partial charge in [-0.15, -0.1) is 0 Å². The maximum atomic E-state index is 7.44. The molecule has 0 aliphatic carbocycles. The summed E-state index contributed by atoms with van der Waals surface area (Å²) >= 11 is 6.33. The highest BCUT2D eigenvalue weighted by Gasteiger charge is 2.14. The van der Waals surface area contributed by atoms with E-state index in [-0.39, 0.29) is 5.84 Å². The number of unbranched alkanes of at least 4 members (excludes halogenated alkanes) is 2. The Balaban J connectivity index is 2.93. The number of nitrogens with zero attached hydrogens (tertiary/aromatic N) is 1. The molecule has 0 amide bonds. The maximum absolute atomic E-state index is 7.44. The summed E-state index contributed by atoms with van der Waals surface area (Å²) in [5, 5.41) is 8.10. The molecule has 3 nitrogen and oxygen atoms in total. The second-order valence-electron chi connectivity index (χ2n) is 5.07. The third-order valence-electron chi connectivity index (χ3n) is 3.19. The van der Waals surface area contributed by atoms with Gasteiger partial charge in [0, 0.05) is 18.2 Å². The van der Waals surface area contributed by atoms with Gasteiger partial charge in [0.05, 0.1) is 10.7 Å². The molecule has 0 saturated heterocycles. The van der Waals surface area contributed by atoms with Gasteiger partial charge < -0.3 is 10.6 Å². The summed E-state index contributed by atoms with van der Waals surface area (Å²) in [6.07, 6.45) is 3.61. The van der Waals surface area contributed by atoms with Crippen LogP contribution in [-0.4, -0.2) is 18.4 Å². The van der Waals surface area contributed by atoms with Gasteiger partial charge in [0.15, 0.2) is 0 Å². The summed E-state index contributed by atoms with van der Waals surface area (Å²) in [6.45, 7) is 7.54. The average molecular weight is 282 g/mol. The van der Waals surface area contributed by atoms with Crippen molar-refractivity contribution in [2.24, 2.45) is 5.73 Å². The molecule has 0 atom stereocenters. The maximum Gasteiger partial charge on any atom is 0.122 e. The SMILES string of the molecule is CCCCCN(c1ccc(C(=N)N)cc1Cl)C(C)C. The Morgan fingerprint density at radius 1 is 1.37 bits per heavy atom. The van der Waals surface area contributed by atoms with Crippen molar-refractivity contribution in [1.82, 2.24) is 0 Å². The van der Waals surface area contributed by atoms with Crippen molar-refractivity contribution in [2.45, 2.75) is 46.1 Å². The van der Waals surface area contributed by atoms with Crippen LogP contribution in [0.15, 0.2) is 18.2 Å². The van der Waals surface area contributed by atoms with Crippen molar-refractivity contribution in [3.63, 3.8) is 0 Å².